The number of amides is 2. The summed E-state index contributed by atoms with van der Waals surface area (Å²) in [5.41, 5.74) is 5.53. The maximum atomic E-state index is 12.6. The summed E-state index contributed by atoms with van der Waals surface area (Å²) in [5, 5.41) is 0. The van der Waals surface area contributed by atoms with E-state index >= 15 is 0 Å². The first-order valence-corrected chi connectivity index (χ1v) is 9.82. The van der Waals surface area contributed by atoms with Gasteiger partial charge in [-0.1, -0.05) is 13.8 Å². The molecule has 2 aliphatic rings. The van der Waals surface area contributed by atoms with Gasteiger partial charge in [-0.15, -0.1) is 12.4 Å². The molecular weight excluding hydrogens is 354 g/mol. The van der Waals surface area contributed by atoms with Crippen molar-refractivity contribution in [3.63, 3.8) is 0 Å². The van der Waals surface area contributed by atoms with Gasteiger partial charge in [-0.05, 0) is 18.4 Å². The van der Waals surface area contributed by atoms with Crippen LogP contribution in [0.5, 0.6) is 0 Å². The monoisotopic (exact) mass is 381 g/mol. The minimum Gasteiger partial charge on any atom is -0.345 e. The maximum absolute atomic E-state index is 12.6. The van der Waals surface area contributed by atoms with E-state index in [4.69, 9.17) is 5.73 Å². The minimum atomic E-state index is -3.04. The topological polar surface area (TPSA) is 101 Å². The van der Waals surface area contributed by atoms with Gasteiger partial charge in [0.25, 0.3) is 0 Å². The van der Waals surface area contributed by atoms with E-state index in [1.165, 1.54) is 0 Å². The molecule has 2 aliphatic heterocycles. The lowest BCUT2D eigenvalue weighted by atomic mass is 9.92. The Morgan fingerprint density at radius 3 is 2.54 bits per heavy atom. The van der Waals surface area contributed by atoms with Crippen molar-refractivity contribution in [3.8, 4) is 0 Å². The number of carbonyl (C=O) groups is 2. The van der Waals surface area contributed by atoms with Crippen LogP contribution in [0.25, 0.3) is 0 Å². The number of likely N-dealkylation sites (tertiary alicyclic amines) is 1. The van der Waals surface area contributed by atoms with Crippen LogP contribution in [0.2, 0.25) is 0 Å². The summed E-state index contributed by atoms with van der Waals surface area (Å²) in [7, 11) is -1.31. The summed E-state index contributed by atoms with van der Waals surface area (Å²) in [6.45, 7) is 5.31. The zero-order valence-electron chi connectivity index (χ0n) is 14.5. The van der Waals surface area contributed by atoms with Gasteiger partial charge in [-0.25, -0.2) is 8.42 Å². The van der Waals surface area contributed by atoms with Gasteiger partial charge in [0.15, 0.2) is 9.84 Å². The highest BCUT2D eigenvalue weighted by molar-refractivity contribution is 7.91. The van der Waals surface area contributed by atoms with Crippen molar-refractivity contribution in [2.45, 2.75) is 32.7 Å². The fourth-order valence-corrected chi connectivity index (χ4v) is 5.10. The van der Waals surface area contributed by atoms with Crippen LogP contribution in [0.1, 0.15) is 26.7 Å². The smallest absolute Gasteiger partial charge is 0.227 e. The largest absolute Gasteiger partial charge is 0.345 e. The van der Waals surface area contributed by atoms with Crippen LogP contribution in [0, 0.1) is 11.3 Å². The molecule has 2 amide bonds. The molecule has 2 heterocycles. The number of sulfone groups is 1. The average molecular weight is 382 g/mol. The van der Waals surface area contributed by atoms with Crippen molar-refractivity contribution in [2.75, 3.05) is 38.2 Å². The number of halogens is 1. The molecule has 0 radical (unpaired) electrons. The van der Waals surface area contributed by atoms with E-state index in [-0.39, 0.29) is 59.5 Å². The fraction of sp³-hybridized carbons (Fsp3) is 0.867. The lowest BCUT2D eigenvalue weighted by Crippen LogP contribution is -2.43. The Balaban J connectivity index is 0.00000288. The first kappa shape index (κ1) is 21.2. The number of carbonyl (C=O) groups excluding carboxylic acids is 2. The predicted molar refractivity (Wildman–Crippen MR) is 94.6 cm³/mol. The zero-order valence-corrected chi connectivity index (χ0v) is 16.2. The molecular formula is C15H28ClN3O4S. The zero-order chi connectivity index (χ0) is 17.4. The average Bonchev–Trinajstić information content (AvgIpc) is 3.00. The lowest BCUT2D eigenvalue weighted by Gasteiger charge is -2.30. The fourth-order valence-electron chi connectivity index (χ4n) is 3.37. The predicted octanol–water partition coefficient (Wildman–Crippen LogP) is -0.113. The van der Waals surface area contributed by atoms with Crippen LogP contribution in [0.3, 0.4) is 0 Å². The van der Waals surface area contributed by atoms with Crippen LogP contribution in [-0.4, -0.2) is 74.3 Å². The molecule has 9 heteroatoms. The first-order chi connectivity index (χ1) is 10.5. The standard InChI is InChI=1S/C15H27N3O4S.ClH/c1-15(2,9-16)10-17(3)14(20)11-6-13(19)18(7-11)12-4-5-23(21,22)8-12;/h11-12H,4-10,16H2,1-3H3;1H. The second kappa shape index (κ2) is 7.58. The quantitative estimate of drug-likeness (QED) is 0.715. The van der Waals surface area contributed by atoms with Crippen LogP contribution in [0.4, 0.5) is 0 Å². The van der Waals surface area contributed by atoms with Crippen molar-refractivity contribution in [1.82, 2.24) is 9.80 Å². The molecule has 2 atom stereocenters. The Kier molecular flexibility index (Phi) is 6.69. The summed E-state index contributed by atoms with van der Waals surface area (Å²) in [6.07, 6.45) is 0.647. The highest BCUT2D eigenvalue weighted by Crippen LogP contribution is 2.27. The molecule has 24 heavy (non-hydrogen) atoms. The van der Waals surface area contributed by atoms with Gasteiger partial charge < -0.3 is 15.5 Å². The molecule has 0 bridgehead atoms. The second-order valence-electron chi connectivity index (χ2n) is 7.57. The molecule has 7 nitrogen and oxygen atoms in total. The summed E-state index contributed by atoms with van der Waals surface area (Å²) >= 11 is 0. The summed E-state index contributed by atoms with van der Waals surface area (Å²) in [6, 6.07) is -0.268. The lowest BCUT2D eigenvalue weighted by molar-refractivity contribution is -0.135. The van der Waals surface area contributed by atoms with Gasteiger partial charge in [-0.2, -0.15) is 0 Å². The van der Waals surface area contributed by atoms with E-state index < -0.39 is 9.84 Å². The third-order valence-corrected chi connectivity index (χ3v) is 6.50. The first-order valence-electron chi connectivity index (χ1n) is 7.99. The van der Waals surface area contributed by atoms with Gasteiger partial charge in [0.05, 0.1) is 17.4 Å². The number of nitrogens with two attached hydrogens (primary N) is 1. The molecule has 0 aromatic carbocycles. The molecule has 2 N–H and O–H groups in total. The third kappa shape index (κ3) is 4.83. The van der Waals surface area contributed by atoms with E-state index in [2.05, 4.69) is 0 Å². The van der Waals surface area contributed by atoms with E-state index in [0.29, 0.717) is 26.1 Å². The van der Waals surface area contributed by atoms with Gasteiger partial charge >= 0.3 is 0 Å². The SMILES string of the molecule is CN(CC(C)(C)CN)C(=O)C1CC(=O)N(C2CCS(=O)(=O)C2)C1.Cl. The Morgan fingerprint density at radius 1 is 1.42 bits per heavy atom. The molecule has 0 aliphatic carbocycles. The Labute approximate surface area is 150 Å². The van der Waals surface area contributed by atoms with Crippen molar-refractivity contribution in [3.05, 3.63) is 0 Å². The Morgan fingerprint density at radius 2 is 2.04 bits per heavy atom. The maximum Gasteiger partial charge on any atom is 0.227 e. The van der Waals surface area contributed by atoms with Crippen LogP contribution >= 0.6 is 12.4 Å². The normalized spacial score (nSPS) is 26.3. The molecule has 0 spiro atoms. The molecule has 140 valence electrons. The van der Waals surface area contributed by atoms with E-state index in [1.54, 1.807) is 16.8 Å². The number of hydrogen-bond donors (Lipinski definition) is 1. The third-order valence-electron chi connectivity index (χ3n) is 4.75. The molecule has 2 saturated heterocycles. The van der Waals surface area contributed by atoms with Crippen LogP contribution < -0.4 is 5.73 Å². The second-order valence-corrected chi connectivity index (χ2v) is 9.80. The molecule has 0 aromatic rings. The van der Waals surface area contributed by atoms with Gasteiger partial charge in [-0.3, -0.25) is 9.59 Å². The van der Waals surface area contributed by atoms with Gasteiger partial charge in [0.2, 0.25) is 11.8 Å². The van der Waals surface area contributed by atoms with Crippen molar-refractivity contribution in [1.29, 1.82) is 0 Å². The van der Waals surface area contributed by atoms with Crippen molar-refractivity contribution < 1.29 is 18.0 Å². The van der Waals surface area contributed by atoms with Gasteiger partial charge in [0.1, 0.15) is 0 Å². The molecule has 2 fully saturated rings. The Hall–Kier alpha value is -0.860. The highest BCUT2D eigenvalue weighted by atomic mass is 35.5. The van der Waals surface area contributed by atoms with E-state index in [9.17, 15) is 18.0 Å². The molecule has 2 rings (SSSR count). The Bertz CT molecular complexity index is 594. The van der Waals surface area contributed by atoms with Crippen LogP contribution in [0.15, 0.2) is 0 Å². The minimum absolute atomic E-state index is 0. The van der Waals surface area contributed by atoms with Crippen molar-refractivity contribution >= 4 is 34.1 Å². The van der Waals surface area contributed by atoms with E-state index in [0.717, 1.165) is 0 Å². The molecule has 2 unspecified atom stereocenters. The summed E-state index contributed by atoms with van der Waals surface area (Å²) in [5.74, 6) is -0.412. The number of hydrogen-bond acceptors (Lipinski definition) is 5. The number of nitrogens with zero attached hydrogens (tertiary/aromatic N) is 2. The highest BCUT2D eigenvalue weighted by Gasteiger charge is 2.42. The van der Waals surface area contributed by atoms with Crippen LogP contribution in [-0.2, 0) is 19.4 Å². The number of rotatable bonds is 5. The summed E-state index contributed by atoms with van der Waals surface area (Å²) in [4.78, 5) is 28.0. The molecule has 0 aromatic heterocycles. The summed E-state index contributed by atoms with van der Waals surface area (Å²) < 4.78 is 23.2. The van der Waals surface area contributed by atoms with Crippen molar-refractivity contribution in [2.24, 2.45) is 17.1 Å². The molecule has 0 saturated carbocycles. The van der Waals surface area contributed by atoms with Gasteiger partial charge in [0, 0.05) is 32.6 Å². The van der Waals surface area contributed by atoms with E-state index in [1.807, 2.05) is 13.8 Å².